The van der Waals surface area contributed by atoms with Crippen molar-refractivity contribution in [1.82, 2.24) is 19.4 Å². The third-order valence-electron chi connectivity index (χ3n) is 8.61. The lowest BCUT2D eigenvalue weighted by Gasteiger charge is -2.33. The summed E-state index contributed by atoms with van der Waals surface area (Å²) < 4.78 is 16.4. The van der Waals surface area contributed by atoms with E-state index in [0.29, 0.717) is 29.3 Å². The molecule has 2 aliphatic rings. The number of hydrogen-bond acceptors (Lipinski definition) is 4. The van der Waals surface area contributed by atoms with Gasteiger partial charge in [0.1, 0.15) is 5.82 Å². The van der Waals surface area contributed by atoms with Crippen molar-refractivity contribution in [2.75, 3.05) is 20.1 Å². The van der Waals surface area contributed by atoms with E-state index in [9.17, 15) is 9.18 Å². The molecule has 1 saturated heterocycles. The zero-order valence-corrected chi connectivity index (χ0v) is 22.6. The summed E-state index contributed by atoms with van der Waals surface area (Å²) in [5, 5.41) is 1.19. The minimum atomic E-state index is -0.412. The predicted octanol–water partition coefficient (Wildman–Crippen LogP) is 5.09. The Bertz CT molecular complexity index is 1280. The van der Waals surface area contributed by atoms with E-state index in [0.717, 1.165) is 43.4 Å². The summed E-state index contributed by atoms with van der Waals surface area (Å²) in [6.45, 7) is 8.29. The van der Waals surface area contributed by atoms with E-state index in [4.69, 9.17) is 5.73 Å². The number of hydrogen-bond donors (Lipinski definition) is 1. The summed E-state index contributed by atoms with van der Waals surface area (Å²) in [4.78, 5) is 22.1. The van der Waals surface area contributed by atoms with Crippen LogP contribution in [0, 0.1) is 18.7 Å². The molecule has 1 atom stereocenters. The van der Waals surface area contributed by atoms with Crippen LogP contribution in [0.25, 0.3) is 16.6 Å². The number of carbonyl (C=O) groups is 1. The molecule has 2 aromatic heterocycles. The lowest BCUT2D eigenvalue weighted by molar-refractivity contribution is 0.0754. The maximum Gasteiger partial charge on any atom is 0.256 e. The largest absolute Gasteiger partial charge is 0.339 e. The summed E-state index contributed by atoms with van der Waals surface area (Å²) in [6, 6.07) is 5.56. The molecule has 1 aliphatic carbocycles. The molecule has 1 saturated carbocycles. The van der Waals surface area contributed by atoms with Crippen LogP contribution in [0.5, 0.6) is 0 Å². The molecular formula is C30H40FN5O. The molecule has 0 spiro atoms. The normalized spacial score (nSPS) is 22.7. The van der Waals surface area contributed by atoms with Crippen LogP contribution in [-0.2, 0) is 6.42 Å². The second kappa shape index (κ2) is 10.5. The van der Waals surface area contributed by atoms with Crippen molar-refractivity contribution in [3.05, 3.63) is 59.3 Å². The maximum atomic E-state index is 14.3. The van der Waals surface area contributed by atoms with Gasteiger partial charge in [-0.2, -0.15) is 0 Å². The number of aromatic nitrogens is 2. The lowest BCUT2D eigenvalue weighted by atomic mass is 9.91. The first-order chi connectivity index (χ1) is 17.7. The summed E-state index contributed by atoms with van der Waals surface area (Å²) in [6.07, 6.45) is 12.8. The van der Waals surface area contributed by atoms with Crippen molar-refractivity contribution in [1.29, 1.82) is 0 Å². The predicted molar refractivity (Wildman–Crippen MR) is 147 cm³/mol. The summed E-state index contributed by atoms with van der Waals surface area (Å²) in [7, 11) is 1.76. The molecule has 7 heteroatoms. The minimum Gasteiger partial charge on any atom is -0.339 e. The Morgan fingerprint density at radius 3 is 2.68 bits per heavy atom. The molecule has 0 radical (unpaired) electrons. The standard InChI is InChI=1S/C30H40FN5O/c1-19(2)34(4)30(37)26-14-23(31)5-10-27(26)36-18-22(29-20(3)15-33-16-28(29)36)13-21-11-12-35(17-21)25-8-6-24(32)7-9-25/h5,10,14-16,18-19,21,24-25H,6-9,11-13,17,32H2,1-4H3/t21-,24?,25?/m0/s1. The molecule has 1 amide bonds. The van der Waals surface area contributed by atoms with Gasteiger partial charge in [0.2, 0.25) is 0 Å². The zero-order chi connectivity index (χ0) is 26.3. The molecule has 3 heterocycles. The van der Waals surface area contributed by atoms with Gasteiger partial charge in [-0.15, -0.1) is 0 Å². The molecule has 3 aromatic rings. The van der Waals surface area contributed by atoms with Gasteiger partial charge in [0, 0.05) is 49.5 Å². The molecule has 2 N–H and O–H groups in total. The summed E-state index contributed by atoms with van der Waals surface area (Å²) in [5.41, 5.74) is 10.5. The van der Waals surface area contributed by atoms with Crippen LogP contribution in [0.1, 0.15) is 67.4 Å². The highest BCUT2D eigenvalue weighted by Crippen LogP contribution is 2.34. The first-order valence-electron chi connectivity index (χ1n) is 13.7. The van der Waals surface area contributed by atoms with E-state index in [1.807, 2.05) is 30.8 Å². The van der Waals surface area contributed by atoms with Gasteiger partial charge in [0.25, 0.3) is 5.91 Å². The maximum absolute atomic E-state index is 14.3. The lowest BCUT2D eigenvalue weighted by Crippen LogP contribution is -2.39. The Kier molecular flexibility index (Phi) is 7.37. The van der Waals surface area contributed by atoms with Crippen molar-refractivity contribution in [3.8, 4) is 5.69 Å². The van der Waals surface area contributed by atoms with Gasteiger partial charge in [-0.05, 0) is 101 Å². The highest BCUT2D eigenvalue weighted by molar-refractivity contribution is 5.99. The van der Waals surface area contributed by atoms with Gasteiger partial charge < -0.3 is 20.1 Å². The number of rotatable bonds is 6. The van der Waals surface area contributed by atoms with Crippen molar-refractivity contribution < 1.29 is 9.18 Å². The number of pyridine rings is 1. The number of nitrogens with two attached hydrogens (primary N) is 1. The average Bonchev–Trinajstić information content (AvgIpc) is 3.49. The van der Waals surface area contributed by atoms with Crippen LogP contribution < -0.4 is 5.73 Å². The fraction of sp³-hybridized carbons (Fsp3) is 0.533. The molecular weight excluding hydrogens is 465 g/mol. The van der Waals surface area contributed by atoms with Crippen molar-refractivity contribution in [3.63, 3.8) is 0 Å². The summed E-state index contributed by atoms with van der Waals surface area (Å²) in [5.74, 6) is -0.0132. The van der Waals surface area contributed by atoms with Gasteiger partial charge in [0.15, 0.2) is 0 Å². The van der Waals surface area contributed by atoms with Crippen molar-refractivity contribution in [2.45, 2.75) is 77.4 Å². The van der Waals surface area contributed by atoms with Crippen LogP contribution >= 0.6 is 0 Å². The van der Waals surface area contributed by atoms with E-state index in [2.05, 4.69) is 23.0 Å². The Hall–Kier alpha value is -2.77. The number of halogens is 1. The molecule has 1 aliphatic heterocycles. The molecule has 5 rings (SSSR count). The van der Waals surface area contributed by atoms with Crippen LogP contribution in [0.2, 0.25) is 0 Å². The Morgan fingerprint density at radius 1 is 1.19 bits per heavy atom. The number of fused-ring (bicyclic) bond motifs is 1. The second-order valence-electron chi connectivity index (χ2n) is 11.5. The van der Waals surface area contributed by atoms with Gasteiger partial charge in [-0.3, -0.25) is 9.78 Å². The monoisotopic (exact) mass is 505 g/mol. The fourth-order valence-electron chi connectivity index (χ4n) is 6.25. The number of nitrogens with zero attached hydrogens (tertiary/aromatic N) is 4. The van der Waals surface area contributed by atoms with Crippen molar-refractivity contribution >= 4 is 16.8 Å². The number of carbonyl (C=O) groups excluding carboxylic acids is 1. The Balaban J connectivity index is 1.47. The smallest absolute Gasteiger partial charge is 0.256 e. The fourth-order valence-corrected chi connectivity index (χ4v) is 6.25. The highest BCUT2D eigenvalue weighted by atomic mass is 19.1. The van der Waals surface area contributed by atoms with Crippen molar-refractivity contribution in [2.24, 2.45) is 11.7 Å². The van der Waals surface area contributed by atoms with Crippen LogP contribution in [0.3, 0.4) is 0 Å². The quantitative estimate of drug-likeness (QED) is 0.507. The molecule has 0 bridgehead atoms. The topological polar surface area (TPSA) is 67.4 Å². The third kappa shape index (κ3) is 5.16. The molecule has 0 unspecified atom stereocenters. The van der Waals surface area contributed by atoms with Crippen LogP contribution in [0.4, 0.5) is 4.39 Å². The minimum absolute atomic E-state index is 0.00899. The number of benzene rings is 1. The van der Waals surface area contributed by atoms with E-state index in [1.165, 1.54) is 42.3 Å². The van der Waals surface area contributed by atoms with E-state index in [-0.39, 0.29) is 11.9 Å². The zero-order valence-electron chi connectivity index (χ0n) is 22.6. The van der Waals surface area contributed by atoms with Gasteiger partial charge >= 0.3 is 0 Å². The average molecular weight is 506 g/mol. The highest BCUT2D eigenvalue weighted by Gasteiger charge is 2.31. The van der Waals surface area contributed by atoms with Gasteiger partial charge in [0.05, 0.1) is 23.0 Å². The molecule has 6 nitrogen and oxygen atoms in total. The number of amides is 1. The van der Waals surface area contributed by atoms with E-state index < -0.39 is 5.82 Å². The first kappa shape index (κ1) is 25.9. The number of aryl methyl sites for hydroxylation is 1. The first-order valence-corrected chi connectivity index (χ1v) is 13.7. The molecule has 2 fully saturated rings. The molecule has 1 aromatic carbocycles. The van der Waals surface area contributed by atoms with Gasteiger partial charge in [-0.25, -0.2) is 4.39 Å². The Labute approximate surface area is 219 Å². The van der Waals surface area contributed by atoms with E-state index in [1.54, 1.807) is 18.0 Å². The SMILES string of the molecule is Cc1cncc2c1c(C[C@@H]1CCN(C3CCC(N)CC3)C1)cn2-c1ccc(F)cc1C(=O)N(C)C(C)C. The van der Waals surface area contributed by atoms with Gasteiger partial charge in [-0.1, -0.05) is 0 Å². The second-order valence-corrected chi connectivity index (χ2v) is 11.5. The molecule has 37 heavy (non-hydrogen) atoms. The van der Waals surface area contributed by atoms with Crippen LogP contribution in [0.15, 0.2) is 36.8 Å². The van der Waals surface area contributed by atoms with E-state index >= 15 is 0 Å². The Morgan fingerprint density at radius 2 is 1.95 bits per heavy atom. The summed E-state index contributed by atoms with van der Waals surface area (Å²) >= 11 is 0. The van der Waals surface area contributed by atoms with Crippen LogP contribution in [-0.4, -0.2) is 63.5 Å². The third-order valence-corrected chi connectivity index (χ3v) is 8.61. The molecule has 198 valence electrons. The number of likely N-dealkylation sites (tertiary alicyclic amines) is 1.